The van der Waals surface area contributed by atoms with E-state index >= 15 is 0 Å². The van der Waals surface area contributed by atoms with Crippen molar-refractivity contribution < 1.29 is 4.39 Å². The molecule has 2 aromatic heterocycles. The molecular weight excluding hydrogens is 413 g/mol. The third-order valence-corrected chi connectivity index (χ3v) is 6.21. The second-order valence-corrected chi connectivity index (χ2v) is 8.22. The Morgan fingerprint density at radius 3 is 2.71 bits per heavy atom. The Kier molecular flexibility index (Phi) is 4.79. The van der Waals surface area contributed by atoms with Gasteiger partial charge in [0.05, 0.1) is 5.52 Å². The van der Waals surface area contributed by atoms with Crippen LogP contribution in [0.25, 0.3) is 16.7 Å². The maximum absolute atomic E-state index is 14.6. The van der Waals surface area contributed by atoms with Crippen LogP contribution in [0.5, 0.6) is 0 Å². The standard InChI is InChI=1S/C24H21ClFN5/c1-3-24(11-12-24)10-9-16-13-17(26)15-18(14-16)30(4-2)21-19-7-5-6-8-20(19)31-22(25)28-29-23(31)27-21/h5-8,13-15H,3-4,11-12H2,1-2H3. The zero-order chi connectivity index (χ0) is 21.6. The zero-order valence-corrected chi connectivity index (χ0v) is 18.1. The molecule has 0 N–H and O–H groups in total. The van der Waals surface area contributed by atoms with Crippen molar-refractivity contribution in [1.29, 1.82) is 0 Å². The van der Waals surface area contributed by atoms with Crippen LogP contribution in [-0.2, 0) is 0 Å². The highest BCUT2D eigenvalue weighted by Gasteiger charge is 2.38. The number of hydrogen-bond acceptors (Lipinski definition) is 4. The molecule has 2 aromatic carbocycles. The first kappa shape index (κ1) is 19.8. The van der Waals surface area contributed by atoms with Crippen LogP contribution in [0.15, 0.2) is 42.5 Å². The lowest BCUT2D eigenvalue weighted by atomic mass is 10.0. The molecule has 4 aromatic rings. The molecule has 0 saturated heterocycles. The van der Waals surface area contributed by atoms with E-state index in [1.54, 1.807) is 4.40 Å². The highest BCUT2D eigenvalue weighted by atomic mass is 35.5. The lowest BCUT2D eigenvalue weighted by Gasteiger charge is -2.24. The average Bonchev–Trinajstić information content (AvgIpc) is 3.47. The van der Waals surface area contributed by atoms with E-state index in [-0.39, 0.29) is 16.5 Å². The Labute approximate surface area is 184 Å². The summed E-state index contributed by atoms with van der Waals surface area (Å²) in [6.45, 7) is 4.75. The largest absolute Gasteiger partial charge is 0.326 e. The Bertz CT molecular complexity index is 1360. The number of nitrogens with zero attached hydrogens (tertiary/aromatic N) is 5. The van der Waals surface area contributed by atoms with Gasteiger partial charge in [0.15, 0.2) is 0 Å². The summed E-state index contributed by atoms with van der Waals surface area (Å²) in [5.41, 5.74) is 2.32. The van der Waals surface area contributed by atoms with Gasteiger partial charge in [0.2, 0.25) is 5.28 Å². The van der Waals surface area contributed by atoms with Gasteiger partial charge in [-0.05, 0) is 68.1 Å². The summed E-state index contributed by atoms with van der Waals surface area (Å²) in [4.78, 5) is 6.68. The third-order valence-electron chi connectivity index (χ3n) is 5.97. The summed E-state index contributed by atoms with van der Waals surface area (Å²) < 4.78 is 16.3. The number of halogens is 2. The number of benzene rings is 2. The van der Waals surface area contributed by atoms with Gasteiger partial charge in [-0.15, -0.1) is 10.2 Å². The fourth-order valence-corrected chi connectivity index (χ4v) is 4.14. The number of aromatic nitrogens is 4. The van der Waals surface area contributed by atoms with E-state index in [2.05, 4.69) is 29.0 Å². The van der Waals surface area contributed by atoms with Crippen LogP contribution < -0.4 is 4.90 Å². The van der Waals surface area contributed by atoms with Gasteiger partial charge < -0.3 is 4.90 Å². The maximum Gasteiger partial charge on any atom is 0.258 e. The minimum Gasteiger partial charge on any atom is -0.326 e. The third kappa shape index (κ3) is 3.49. The molecule has 0 spiro atoms. The van der Waals surface area contributed by atoms with Gasteiger partial charge in [0.25, 0.3) is 5.78 Å². The number of anilines is 2. The van der Waals surface area contributed by atoms with Gasteiger partial charge in [-0.25, -0.2) is 8.79 Å². The lowest BCUT2D eigenvalue weighted by Crippen LogP contribution is -2.19. The predicted octanol–water partition coefficient (Wildman–Crippen LogP) is 5.77. The Morgan fingerprint density at radius 1 is 1.16 bits per heavy atom. The molecule has 7 heteroatoms. The molecule has 0 bridgehead atoms. The molecule has 0 atom stereocenters. The van der Waals surface area contributed by atoms with Crippen LogP contribution in [0.2, 0.25) is 5.28 Å². The molecule has 0 amide bonds. The number of fused-ring (bicyclic) bond motifs is 3. The fourth-order valence-electron chi connectivity index (χ4n) is 3.94. The average molecular weight is 434 g/mol. The van der Waals surface area contributed by atoms with Gasteiger partial charge in [0, 0.05) is 28.6 Å². The molecule has 2 heterocycles. The molecule has 0 radical (unpaired) electrons. The number of hydrogen-bond donors (Lipinski definition) is 0. The van der Waals surface area contributed by atoms with Crippen LogP contribution in [0.3, 0.4) is 0 Å². The van der Waals surface area contributed by atoms with E-state index in [0.29, 0.717) is 29.4 Å². The first-order valence-corrected chi connectivity index (χ1v) is 10.8. The van der Waals surface area contributed by atoms with Gasteiger partial charge in [-0.1, -0.05) is 30.9 Å². The van der Waals surface area contributed by atoms with Crippen molar-refractivity contribution >= 4 is 39.8 Å². The zero-order valence-electron chi connectivity index (χ0n) is 17.4. The Morgan fingerprint density at radius 2 is 1.97 bits per heavy atom. The van der Waals surface area contributed by atoms with E-state index < -0.39 is 0 Å². The van der Waals surface area contributed by atoms with Gasteiger partial charge >= 0.3 is 0 Å². The molecule has 5 rings (SSSR count). The summed E-state index contributed by atoms with van der Waals surface area (Å²) >= 11 is 6.24. The Hall–Kier alpha value is -3.17. The molecule has 1 saturated carbocycles. The van der Waals surface area contributed by atoms with E-state index in [9.17, 15) is 4.39 Å². The molecule has 31 heavy (non-hydrogen) atoms. The van der Waals surface area contributed by atoms with Crippen molar-refractivity contribution in [3.8, 4) is 11.8 Å². The van der Waals surface area contributed by atoms with Gasteiger partial charge in [-0.2, -0.15) is 4.98 Å². The molecule has 0 unspecified atom stereocenters. The highest BCUT2D eigenvalue weighted by Crippen LogP contribution is 2.48. The fraction of sp³-hybridized carbons (Fsp3) is 0.292. The summed E-state index contributed by atoms with van der Waals surface area (Å²) in [7, 11) is 0. The summed E-state index contributed by atoms with van der Waals surface area (Å²) in [5.74, 6) is 7.30. The van der Waals surface area contributed by atoms with Crippen molar-refractivity contribution in [2.24, 2.45) is 5.41 Å². The summed E-state index contributed by atoms with van der Waals surface area (Å²) in [5, 5.41) is 9.17. The van der Waals surface area contributed by atoms with Crippen LogP contribution >= 0.6 is 11.6 Å². The second-order valence-electron chi connectivity index (χ2n) is 7.88. The monoisotopic (exact) mass is 433 g/mol. The lowest BCUT2D eigenvalue weighted by molar-refractivity contribution is 0.627. The molecule has 156 valence electrons. The SMILES string of the molecule is CCN(c1cc(F)cc(C#CC2(CC)CC2)c1)c1nc2nnc(Cl)n2c2ccccc12. The smallest absolute Gasteiger partial charge is 0.258 e. The molecule has 0 aliphatic heterocycles. The molecule has 1 aliphatic rings. The molecule has 1 aliphatic carbocycles. The topological polar surface area (TPSA) is 46.3 Å². The minimum absolute atomic E-state index is 0.118. The minimum atomic E-state index is -0.322. The van der Waals surface area contributed by atoms with Crippen molar-refractivity contribution in [1.82, 2.24) is 19.6 Å². The van der Waals surface area contributed by atoms with E-state index in [1.165, 1.54) is 12.1 Å². The van der Waals surface area contributed by atoms with E-state index in [4.69, 9.17) is 16.6 Å². The predicted molar refractivity (Wildman–Crippen MR) is 121 cm³/mol. The quantitative estimate of drug-likeness (QED) is 0.383. The first-order valence-electron chi connectivity index (χ1n) is 10.4. The maximum atomic E-state index is 14.6. The normalized spacial score (nSPS) is 14.5. The summed E-state index contributed by atoms with van der Waals surface area (Å²) in [6, 6.07) is 12.7. The first-order chi connectivity index (χ1) is 15.0. The molecule has 5 nitrogen and oxygen atoms in total. The van der Waals surface area contributed by atoms with Gasteiger partial charge in [-0.3, -0.25) is 0 Å². The van der Waals surface area contributed by atoms with Crippen molar-refractivity contribution in [3.63, 3.8) is 0 Å². The van der Waals surface area contributed by atoms with Crippen molar-refractivity contribution in [2.75, 3.05) is 11.4 Å². The molecule has 1 fully saturated rings. The highest BCUT2D eigenvalue weighted by molar-refractivity contribution is 6.29. The number of rotatable bonds is 4. The van der Waals surface area contributed by atoms with E-state index in [1.807, 2.05) is 42.2 Å². The Balaban J connectivity index is 1.65. The van der Waals surface area contributed by atoms with Crippen LogP contribution in [0.1, 0.15) is 38.7 Å². The second kappa shape index (κ2) is 7.51. The van der Waals surface area contributed by atoms with Crippen LogP contribution in [-0.4, -0.2) is 26.1 Å². The van der Waals surface area contributed by atoms with Crippen molar-refractivity contribution in [3.05, 3.63) is 59.1 Å². The van der Waals surface area contributed by atoms with Crippen LogP contribution in [0.4, 0.5) is 15.9 Å². The molecular formula is C24H21ClFN5. The number of para-hydroxylation sites is 1. The van der Waals surface area contributed by atoms with E-state index in [0.717, 1.165) is 30.2 Å². The van der Waals surface area contributed by atoms with Crippen molar-refractivity contribution in [2.45, 2.75) is 33.1 Å². The van der Waals surface area contributed by atoms with Crippen LogP contribution in [0, 0.1) is 23.1 Å². The summed E-state index contributed by atoms with van der Waals surface area (Å²) in [6.07, 6.45) is 3.27. The van der Waals surface area contributed by atoms with Gasteiger partial charge in [0.1, 0.15) is 11.6 Å².